The van der Waals surface area contributed by atoms with Gasteiger partial charge in [0.25, 0.3) is 0 Å². The maximum absolute atomic E-state index is 11.7. The van der Waals surface area contributed by atoms with E-state index in [0.29, 0.717) is 18.9 Å². The molecule has 2 atom stereocenters. The second kappa shape index (κ2) is 7.19. The Labute approximate surface area is 109 Å². The first-order valence-corrected chi connectivity index (χ1v) is 6.45. The van der Waals surface area contributed by atoms with E-state index >= 15 is 0 Å². The molecule has 0 spiro atoms. The van der Waals surface area contributed by atoms with Gasteiger partial charge in [0, 0.05) is 13.1 Å². The van der Waals surface area contributed by atoms with E-state index in [0.717, 1.165) is 6.54 Å². The van der Waals surface area contributed by atoms with Gasteiger partial charge in [0.05, 0.1) is 12.1 Å². The van der Waals surface area contributed by atoms with E-state index < -0.39 is 0 Å². The van der Waals surface area contributed by atoms with Crippen molar-refractivity contribution in [2.75, 3.05) is 13.1 Å². The van der Waals surface area contributed by atoms with Crippen molar-refractivity contribution in [1.82, 2.24) is 10.6 Å². The fourth-order valence-corrected chi connectivity index (χ4v) is 2.68. The number of β-amino-alcohol motifs (C(OH)–C–C–N with tert-alkyl or cyclic N) is 1. The first-order chi connectivity index (χ1) is 7.75. The van der Waals surface area contributed by atoms with Crippen LogP contribution in [0.4, 0.5) is 0 Å². The molecule has 2 fully saturated rings. The van der Waals surface area contributed by atoms with Crippen LogP contribution in [0, 0.1) is 5.92 Å². The molecule has 1 aliphatic carbocycles. The van der Waals surface area contributed by atoms with Gasteiger partial charge in [-0.2, -0.15) is 0 Å². The lowest BCUT2D eigenvalue weighted by Crippen LogP contribution is -2.42. The molecule has 1 saturated heterocycles. The van der Waals surface area contributed by atoms with E-state index in [1.165, 1.54) is 32.1 Å². The summed E-state index contributed by atoms with van der Waals surface area (Å²) in [5.74, 6) is 0.728. The molecule has 2 aliphatic rings. The van der Waals surface area contributed by atoms with Crippen LogP contribution >= 0.6 is 12.4 Å². The minimum Gasteiger partial charge on any atom is -0.392 e. The van der Waals surface area contributed by atoms with Crippen LogP contribution in [0.25, 0.3) is 0 Å². The number of hydrogen-bond acceptors (Lipinski definition) is 3. The van der Waals surface area contributed by atoms with Crippen LogP contribution in [0.1, 0.15) is 38.5 Å². The quantitative estimate of drug-likeness (QED) is 0.706. The Hall–Kier alpha value is -0.320. The summed E-state index contributed by atoms with van der Waals surface area (Å²) in [5, 5.41) is 15.4. The van der Waals surface area contributed by atoms with Gasteiger partial charge in [0.2, 0.25) is 5.91 Å². The molecule has 3 N–H and O–H groups in total. The number of rotatable bonds is 3. The lowest BCUT2D eigenvalue weighted by Gasteiger charge is -2.22. The van der Waals surface area contributed by atoms with Gasteiger partial charge in [-0.05, 0) is 25.2 Å². The van der Waals surface area contributed by atoms with Crippen molar-refractivity contribution in [2.24, 2.45) is 5.92 Å². The molecule has 100 valence electrons. The Morgan fingerprint density at radius 1 is 1.29 bits per heavy atom. The molecule has 2 rings (SSSR count). The molecule has 17 heavy (non-hydrogen) atoms. The second-order valence-electron chi connectivity index (χ2n) is 5.10. The van der Waals surface area contributed by atoms with E-state index in [-0.39, 0.29) is 30.5 Å². The smallest absolute Gasteiger partial charge is 0.237 e. The van der Waals surface area contributed by atoms with Crippen LogP contribution in [0.3, 0.4) is 0 Å². The number of aliphatic hydroxyl groups is 1. The number of amides is 1. The molecule has 4 nitrogen and oxygen atoms in total. The molecule has 0 radical (unpaired) electrons. The van der Waals surface area contributed by atoms with E-state index in [2.05, 4.69) is 10.6 Å². The van der Waals surface area contributed by atoms with Crippen molar-refractivity contribution in [1.29, 1.82) is 0 Å². The van der Waals surface area contributed by atoms with Crippen LogP contribution in [0.2, 0.25) is 0 Å². The minimum absolute atomic E-state index is 0. The molecule has 0 bridgehead atoms. The van der Waals surface area contributed by atoms with Crippen molar-refractivity contribution in [3.8, 4) is 0 Å². The highest BCUT2D eigenvalue weighted by molar-refractivity contribution is 5.85. The second-order valence-corrected chi connectivity index (χ2v) is 5.10. The van der Waals surface area contributed by atoms with E-state index in [1.807, 2.05) is 0 Å². The molecule has 0 aromatic carbocycles. The largest absolute Gasteiger partial charge is 0.392 e. The number of nitrogens with one attached hydrogen (secondary N) is 2. The zero-order chi connectivity index (χ0) is 11.4. The number of halogens is 1. The Morgan fingerprint density at radius 2 is 2.00 bits per heavy atom. The average molecular weight is 263 g/mol. The Bertz CT molecular complexity index is 245. The number of carbonyl (C=O) groups is 1. The highest BCUT2D eigenvalue weighted by Gasteiger charge is 2.28. The zero-order valence-corrected chi connectivity index (χ0v) is 11.0. The molecule has 0 aromatic rings. The molecule has 1 saturated carbocycles. The Morgan fingerprint density at radius 3 is 2.59 bits per heavy atom. The summed E-state index contributed by atoms with van der Waals surface area (Å²) in [4.78, 5) is 11.7. The lowest BCUT2D eigenvalue weighted by molar-refractivity contribution is -0.123. The summed E-state index contributed by atoms with van der Waals surface area (Å²) in [6, 6.07) is -0.182. The number of aliphatic hydroxyl groups excluding tert-OH is 1. The maximum atomic E-state index is 11.7. The molecular weight excluding hydrogens is 240 g/mol. The topological polar surface area (TPSA) is 61.4 Å². The third-order valence-corrected chi connectivity index (χ3v) is 3.71. The van der Waals surface area contributed by atoms with Gasteiger partial charge in [-0.1, -0.05) is 19.3 Å². The van der Waals surface area contributed by atoms with Gasteiger partial charge in [0.15, 0.2) is 0 Å². The van der Waals surface area contributed by atoms with Crippen LogP contribution < -0.4 is 10.6 Å². The molecule has 5 heteroatoms. The van der Waals surface area contributed by atoms with E-state index in [4.69, 9.17) is 0 Å². The number of hydrogen-bond donors (Lipinski definition) is 3. The predicted octanol–water partition coefficient (Wildman–Crippen LogP) is 0.827. The molecule has 1 aliphatic heterocycles. The van der Waals surface area contributed by atoms with Crippen molar-refractivity contribution >= 4 is 18.3 Å². The first-order valence-electron chi connectivity index (χ1n) is 6.45. The van der Waals surface area contributed by atoms with Crippen LogP contribution in [-0.4, -0.2) is 36.2 Å². The van der Waals surface area contributed by atoms with Crippen molar-refractivity contribution < 1.29 is 9.90 Å². The minimum atomic E-state index is -0.356. The third-order valence-electron chi connectivity index (χ3n) is 3.71. The van der Waals surface area contributed by atoms with Crippen molar-refractivity contribution in [3.05, 3.63) is 0 Å². The van der Waals surface area contributed by atoms with Crippen LogP contribution in [0.5, 0.6) is 0 Å². The molecule has 2 unspecified atom stereocenters. The molecule has 1 heterocycles. The lowest BCUT2D eigenvalue weighted by atomic mass is 9.89. The van der Waals surface area contributed by atoms with E-state index in [1.54, 1.807) is 0 Å². The van der Waals surface area contributed by atoms with Gasteiger partial charge < -0.3 is 15.7 Å². The Balaban J connectivity index is 0.00000144. The highest BCUT2D eigenvalue weighted by Crippen LogP contribution is 2.22. The maximum Gasteiger partial charge on any atom is 0.237 e. The predicted molar refractivity (Wildman–Crippen MR) is 69.2 cm³/mol. The standard InChI is InChI=1S/C12H22N2O2.ClH/c15-10-6-11(13-8-10)12(16)14-7-9-4-2-1-3-5-9;/h9-11,13,15H,1-8H2,(H,14,16);1H. The van der Waals surface area contributed by atoms with Crippen LogP contribution in [-0.2, 0) is 4.79 Å². The van der Waals surface area contributed by atoms with Crippen LogP contribution in [0.15, 0.2) is 0 Å². The zero-order valence-electron chi connectivity index (χ0n) is 10.2. The van der Waals surface area contributed by atoms with Gasteiger partial charge in [-0.25, -0.2) is 0 Å². The average Bonchev–Trinajstić information content (AvgIpc) is 2.74. The van der Waals surface area contributed by atoms with Gasteiger partial charge in [-0.3, -0.25) is 4.79 Å². The van der Waals surface area contributed by atoms with Gasteiger partial charge in [-0.15, -0.1) is 12.4 Å². The number of carbonyl (C=O) groups excluding carboxylic acids is 1. The Kier molecular flexibility index (Phi) is 6.23. The van der Waals surface area contributed by atoms with E-state index in [9.17, 15) is 9.90 Å². The first kappa shape index (κ1) is 14.7. The molecule has 1 amide bonds. The summed E-state index contributed by atoms with van der Waals surface area (Å²) in [6.45, 7) is 1.36. The highest BCUT2D eigenvalue weighted by atomic mass is 35.5. The summed E-state index contributed by atoms with van der Waals surface area (Å²) in [5.41, 5.74) is 0. The monoisotopic (exact) mass is 262 g/mol. The fraction of sp³-hybridized carbons (Fsp3) is 0.917. The van der Waals surface area contributed by atoms with Crippen molar-refractivity contribution in [2.45, 2.75) is 50.7 Å². The normalized spacial score (nSPS) is 29.7. The summed E-state index contributed by atoms with van der Waals surface area (Å²) in [6.07, 6.45) is 6.66. The van der Waals surface area contributed by atoms with Gasteiger partial charge >= 0.3 is 0 Å². The van der Waals surface area contributed by atoms with Gasteiger partial charge in [0.1, 0.15) is 0 Å². The van der Waals surface area contributed by atoms with Crippen molar-refractivity contribution in [3.63, 3.8) is 0 Å². The fourth-order valence-electron chi connectivity index (χ4n) is 2.68. The summed E-state index contributed by atoms with van der Waals surface area (Å²) < 4.78 is 0. The summed E-state index contributed by atoms with van der Waals surface area (Å²) >= 11 is 0. The third kappa shape index (κ3) is 4.45. The summed E-state index contributed by atoms with van der Waals surface area (Å²) in [7, 11) is 0. The molecular formula is C12H23ClN2O2. The SMILES string of the molecule is Cl.O=C(NCC1CCCCC1)C1CC(O)CN1. The molecule has 0 aromatic heterocycles.